The minimum absolute atomic E-state index is 0.0657. The number of unbranched alkanes of at least 4 members (excludes halogenated alkanes) is 1. The molecule has 5 nitrogen and oxygen atoms in total. The first-order chi connectivity index (χ1) is 14.5. The van der Waals surface area contributed by atoms with Crippen molar-refractivity contribution in [2.24, 2.45) is 0 Å². The van der Waals surface area contributed by atoms with Crippen molar-refractivity contribution >= 4 is 44.2 Å². The molecule has 0 aliphatic carbocycles. The monoisotopic (exact) mass is 445 g/mol. The van der Waals surface area contributed by atoms with Gasteiger partial charge < -0.3 is 9.64 Å². The topological polar surface area (TPSA) is 45.7 Å². The zero-order valence-electron chi connectivity index (χ0n) is 17.7. The molecule has 3 rings (SSSR count). The van der Waals surface area contributed by atoms with Crippen LogP contribution in [0.5, 0.6) is 5.75 Å². The Labute approximate surface area is 187 Å². The molecule has 0 saturated heterocycles. The van der Waals surface area contributed by atoms with Crippen LogP contribution in [0.15, 0.2) is 42.5 Å². The predicted octanol–water partition coefficient (Wildman–Crippen LogP) is 5.73. The molecule has 0 radical (unpaired) electrons. The van der Waals surface area contributed by atoms with Gasteiger partial charge in [-0.3, -0.25) is 9.69 Å². The summed E-state index contributed by atoms with van der Waals surface area (Å²) in [5.74, 6) is 0.718. The first-order valence-corrected chi connectivity index (χ1v) is 11.4. The lowest BCUT2D eigenvalue weighted by Gasteiger charge is -2.21. The summed E-state index contributed by atoms with van der Waals surface area (Å²) in [4.78, 5) is 21.9. The molecule has 2 aromatic carbocycles. The molecule has 0 aliphatic heterocycles. The summed E-state index contributed by atoms with van der Waals surface area (Å²) in [5.41, 5.74) is 1.36. The van der Waals surface area contributed by atoms with E-state index in [9.17, 15) is 4.79 Å². The summed E-state index contributed by atoms with van der Waals surface area (Å²) < 4.78 is 6.69. The summed E-state index contributed by atoms with van der Waals surface area (Å²) in [6.07, 6.45) is 2.95. The highest BCUT2D eigenvalue weighted by atomic mass is 35.5. The van der Waals surface area contributed by atoms with Crippen molar-refractivity contribution in [2.75, 3.05) is 38.7 Å². The Morgan fingerprint density at radius 2 is 1.87 bits per heavy atom. The van der Waals surface area contributed by atoms with Crippen LogP contribution >= 0.6 is 22.9 Å². The van der Waals surface area contributed by atoms with Crippen molar-refractivity contribution in [3.8, 4) is 5.75 Å². The van der Waals surface area contributed by atoms with E-state index in [1.807, 2.05) is 56.6 Å². The summed E-state index contributed by atoms with van der Waals surface area (Å²) in [5, 5.41) is 1.27. The number of para-hydroxylation sites is 1. The zero-order chi connectivity index (χ0) is 21.5. The third kappa shape index (κ3) is 5.72. The smallest absolute Gasteiger partial charge is 0.260 e. The maximum absolute atomic E-state index is 13.4. The van der Waals surface area contributed by atoms with Crippen LogP contribution in [0.2, 0.25) is 5.02 Å². The maximum Gasteiger partial charge on any atom is 0.260 e. The van der Waals surface area contributed by atoms with E-state index in [-0.39, 0.29) is 5.91 Å². The second-order valence-electron chi connectivity index (χ2n) is 7.42. The van der Waals surface area contributed by atoms with Crippen molar-refractivity contribution < 1.29 is 9.53 Å². The Balaban J connectivity index is 1.83. The minimum atomic E-state index is -0.0657. The molecule has 1 heterocycles. The molecule has 0 atom stereocenters. The summed E-state index contributed by atoms with van der Waals surface area (Å²) in [6, 6.07) is 13.1. The van der Waals surface area contributed by atoms with Crippen molar-refractivity contribution in [1.29, 1.82) is 0 Å². The second kappa shape index (κ2) is 10.8. The molecule has 0 spiro atoms. The molecule has 0 saturated carbocycles. The quantitative estimate of drug-likeness (QED) is 0.374. The van der Waals surface area contributed by atoms with E-state index in [0.29, 0.717) is 28.9 Å². The van der Waals surface area contributed by atoms with Crippen LogP contribution in [0.4, 0.5) is 5.13 Å². The number of benzene rings is 2. The number of ether oxygens (including phenoxy) is 1. The molecular weight excluding hydrogens is 418 g/mol. The van der Waals surface area contributed by atoms with E-state index >= 15 is 0 Å². The number of carbonyl (C=O) groups excluding carboxylic acids is 1. The van der Waals surface area contributed by atoms with Crippen LogP contribution in [0.1, 0.15) is 36.5 Å². The largest absolute Gasteiger partial charge is 0.494 e. The number of fused-ring (bicyclic) bond motifs is 1. The first-order valence-electron chi connectivity index (χ1n) is 10.2. The van der Waals surface area contributed by atoms with Gasteiger partial charge in [0.05, 0.1) is 16.3 Å². The standard InChI is InChI=1S/C23H28ClN3O2S/c1-4-5-16-29-18-12-10-17(11-13-18)22(28)27(15-7-14-26(2)3)23-25-21-19(24)8-6-9-20(21)30-23/h6,8-13H,4-5,7,14-16H2,1-3H3. The number of hydrogen-bond donors (Lipinski definition) is 0. The summed E-state index contributed by atoms with van der Waals surface area (Å²) in [7, 11) is 4.06. The third-order valence-corrected chi connectivity index (χ3v) is 6.04. The van der Waals surface area contributed by atoms with Gasteiger partial charge >= 0.3 is 0 Å². The van der Waals surface area contributed by atoms with Gasteiger partial charge in [-0.25, -0.2) is 4.98 Å². The van der Waals surface area contributed by atoms with Crippen molar-refractivity contribution in [1.82, 2.24) is 9.88 Å². The number of anilines is 1. The highest BCUT2D eigenvalue weighted by molar-refractivity contribution is 7.22. The average Bonchev–Trinajstić information content (AvgIpc) is 3.17. The van der Waals surface area contributed by atoms with Gasteiger partial charge in [-0.1, -0.05) is 42.3 Å². The zero-order valence-corrected chi connectivity index (χ0v) is 19.3. The van der Waals surface area contributed by atoms with E-state index in [0.717, 1.165) is 41.8 Å². The van der Waals surface area contributed by atoms with Crippen LogP contribution in [-0.2, 0) is 0 Å². The van der Waals surface area contributed by atoms with Crippen molar-refractivity contribution in [2.45, 2.75) is 26.2 Å². The van der Waals surface area contributed by atoms with Gasteiger partial charge in [0.15, 0.2) is 5.13 Å². The Morgan fingerprint density at radius 3 is 2.53 bits per heavy atom. The molecular formula is C23H28ClN3O2S. The van der Waals surface area contributed by atoms with Crippen LogP contribution in [0, 0.1) is 0 Å². The predicted molar refractivity (Wildman–Crippen MR) is 126 cm³/mol. The Hall–Kier alpha value is -2.15. The molecule has 160 valence electrons. The lowest BCUT2D eigenvalue weighted by Crippen LogP contribution is -2.33. The summed E-state index contributed by atoms with van der Waals surface area (Å²) >= 11 is 7.80. The fourth-order valence-electron chi connectivity index (χ4n) is 3.03. The van der Waals surface area contributed by atoms with Gasteiger partial charge in [0.1, 0.15) is 11.3 Å². The van der Waals surface area contributed by atoms with Crippen LogP contribution < -0.4 is 9.64 Å². The average molecular weight is 446 g/mol. The number of halogens is 1. The number of aromatic nitrogens is 1. The molecule has 0 unspecified atom stereocenters. The number of carbonyl (C=O) groups is 1. The molecule has 3 aromatic rings. The highest BCUT2D eigenvalue weighted by Crippen LogP contribution is 2.33. The van der Waals surface area contributed by atoms with E-state index in [1.165, 1.54) is 11.3 Å². The number of hydrogen-bond acceptors (Lipinski definition) is 5. The lowest BCUT2D eigenvalue weighted by atomic mass is 10.2. The van der Waals surface area contributed by atoms with Gasteiger partial charge in [-0.05, 0) is 69.9 Å². The van der Waals surface area contributed by atoms with E-state index in [4.69, 9.17) is 16.3 Å². The Morgan fingerprint density at radius 1 is 1.10 bits per heavy atom. The second-order valence-corrected chi connectivity index (χ2v) is 8.84. The van der Waals surface area contributed by atoms with Gasteiger partial charge in [0.2, 0.25) is 0 Å². The van der Waals surface area contributed by atoms with Crippen LogP contribution in [0.3, 0.4) is 0 Å². The van der Waals surface area contributed by atoms with Crippen molar-refractivity contribution in [3.63, 3.8) is 0 Å². The molecule has 1 aromatic heterocycles. The van der Waals surface area contributed by atoms with Gasteiger partial charge in [-0.15, -0.1) is 0 Å². The number of rotatable bonds is 10. The van der Waals surface area contributed by atoms with E-state index in [2.05, 4.69) is 16.8 Å². The number of thiazole rings is 1. The maximum atomic E-state index is 13.4. The lowest BCUT2D eigenvalue weighted by molar-refractivity contribution is 0.0986. The first kappa shape index (κ1) is 22.5. The molecule has 7 heteroatoms. The summed E-state index contributed by atoms with van der Waals surface area (Å²) in [6.45, 7) is 4.29. The van der Waals surface area contributed by atoms with E-state index < -0.39 is 0 Å². The van der Waals surface area contributed by atoms with Gasteiger partial charge in [0.25, 0.3) is 5.91 Å². The fraction of sp³-hybridized carbons (Fsp3) is 0.391. The van der Waals surface area contributed by atoms with E-state index in [1.54, 1.807) is 4.90 Å². The normalized spacial score (nSPS) is 11.2. The van der Waals surface area contributed by atoms with Gasteiger partial charge in [0, 0.05) is 12.1 Å². The number of nitrogens with zero attached hydrogens (tertiary/aromatic N) is 3. The van der Waals surface area contributed by atoms with Crippen LogP contribution in [0.25, 0.3) is 10.2 Å². The van der Waals surface area contributed by atoms with Crippen molar-refractivity contribution in [3.05, 3.63) is 53.1 Å². The minimum Gasteiger partial charge on any atom is -0.494 e. The Kier molecular flexibility index (Phi) is 8.08. The Bertz CT molecular complexity index is 972. The molecule has 1 amide bonds. The third-order valence-electron chi connectivity index (χ3n) is 4.69. The SMILES string of the molecule is CCCCOc1ccc(C(=O)N(CCCN(C)C)c2nc3c(Cl)cccc3s2)cc1. The van der Waals surface area contributed by atoms with Crippen LogP contribution in [-0.4, -0.2) is 49.6 Å². The molecule has 0 bridgehead atoms. The molecule has 0 fully saturated rings. The number of amides is 1. The molecule has 0 N–H and O–H groups in total. The molecule has 0 aliphatic rings. The van der Waals surface area contributed by atoms with Gasteiger partial charge in [-0.2, -0.15) is 0 Å². The fourth-order valence-corrected chi connectivity index (χ4v) is 4.32. The molecule has 30 heavy (non-hydrogen) atoms. The highest BCUT2D eigenvalue weighted by Gasteiger charge is 2.22.